The van der Waals surface area contributed by atoms with Crippen molar-refractivity contribution < 1.29 is 17.9 Å². The summed E-state index contributed by atoms with van der Waals surface area (Å²) in [5, 5.41) is 7.87. The molecule has 2 unspecified atom stereocenters. The Morgan fingerprint density at radius 2 is 1.74 bits per heavy atom. The number of primary sulfonamides is 1. The quantitative estimate of drug-likeness (QED) is 0.724. The summed E-state index contributed by atoms with van der Waals surface area (Å²) in [5.74, 6) is 0.810. The predicted octanol–water partition coefficient (Wildman–Crippen LogP) is 2.93. The van der Waals surface area contributed by atoms with Crippen molar-refractivity contribution in [3.63, 3.8) is 0 Å². The Labute approximate surface area is 160 Å². The smallest absolute Gasteiger partial charge is 0.261 e. The third-order valence-corrected chi connectivity index (χ3v) is 5.38. The van der Waals surface area contributed by atoms with Crippen LogP contribution in [0.15, 0.2) is 53.4 Å². The molecule has 3 N–H and O–H groups in total. The Kier molecular flexibility index (Phi) is 6.98. The zero-order valence-corrected chi connectivity index (χ0v) is 16.6. The average molecular weight is 391 g/mol. The van der Waals surface area contributed by atoms with Gasteiger partial charge in [-0.05, 0) is 48.6 Å². The van der Waals surface area contributed by atoms with Crippen LogP contribution in [0.25, 0.3) is 0 Å². The Balaban J connectivity index is 1.97. The summed E-state index contributed by atoms with van der Waals surface area (Å²) >= 11 is 0. The van der Waals surface area contributed by atoms with Crippen LogP contribution in [0, 0.1) is 0 Å². The van der Waals surface area contributed by atoms with Gasteiger partial charge in [0.15, 0.2) is 6.10 Å². The molecule has 0 bridgehead atoms. The third-order valence-electron chi connectivity index (χ3n) is 4.45. The number of carbonyl (C=O) groups excluding carboxylic acids is 1. The first-order valence-corrected chi connectivity index (χ1v) is 10.4. The Hall–Kier alpha value is -2.38. The summed E-state index contributed by atoms with van der Waals surface area (Å²) in [6, 6.07) is 13.8. The van der Waals surface area contributed by atoms with Crippen molar-refractivity contribution in [1.82, 2.24) is 5.32 Å². The molecule has 0 aromatic heterocycles. The molecule has 2 aromatic carbocycles. The first-order valence-electron chi connectivity index (χ1n) is 8.87. The molecule has 0 spiro atoms. The summed E-state index contributed by atoms with van der Waals surface area (Å²) < 4.78 is 28.4. The monoisotopic (exact) mass is 390 g/mol. The van der Waals surface area contributed by atoms with E-state index in [1.165, 1.54) is 12.1 Å². The molecule has 0 saturated heterocycles. The molecule has 27 heavy (non-hydrogen) atoms. The lowest BCUT2D eigenvalue weighted by molar-refractivity contribution is -0.127. The highest BCUT2D eigenvalue weighted by molar-refractivity contribution is 7.89. The van der Waals surface area contributed by atoms with Gasteiger partial charge in [0.25, 0.3) is 5.91 Å². The van der Waals surface area contributed by atoms with Crippen LogP contribution in [-0.4, -0.2) is 20.4 Å². The third kappa shape index (κ3) is 5.80. The second-order valence-electron chi connectivity index (χ2n) is 6.51. The molecule has 0 radical (unpaired) electrons. The minimum Gasteiger partial charge on any atom is -0.481 e. The summed E-state index contributed by atoms with van der Waals surface area (Å²) in [4.78, 5) is 12.4. The van der Waals surface area contributed by atoms with Gasteiger partial charge in [0.1, 0.15) is 5.75 Å². The Morgan fingerprint density at radius 3 is 2.33 bits per heavy atom. The average Bonchev–Trinajstić information content (AvgIpc) is 2.65. The highest BCUT2D eigenvalue weighted by Gasteiger charge is 2.17. The second-order valence-corrected chi connectivity index (χ2v) is 8.08. The van der Waals surface area contributed by atoms with Crippen molar-refractivity contribution in [2.24, 2.45) is 5.14 Å². The van der Waals surface area contributed by atoms with E-state index >= 15 is 0 Å². The topological polar surface area (TPSA) is 98.5 Å². The Bertz CT molecular complexity index is 879. The summed E-state index contributed by atoms with van der Waals surface area (Å²) in [5.41, 5.74) is 1.85. The lowest BCUT2D eigenvalue weighted by Gasteiger charge is -2.19. The zero-order chi connectivity index (χ0) is 20.0. The molecule has 146 valence electrons. The van der Waals surface area contributed by atoms with E-state index in [1.54, 1.807) is 19.1 Å². The number of ether oxygens (including phenoxy) is 1. The molecule has 0 aliphatic rings. The van der Waals surface area contributed by atoms with Crippen molar-refractivity contribution in [1.29, 1.82) is 0 Å². The van der Waals surface area contributed by atoms with E-state index in [0.717, 1.165) is 17.5 Å². The first-order chi connectivity index (χ1) is 12.7. The molecule has 0 fully saturated rings. The maximum Gasteiger partial charge on any atom is 0.261 e. The standard InChI is InChI=1S/C20H26N2O4S/c1-4-14(2)18-7-5-6-8-19(18)26-15(3)20(23)22-13-16-9-11-17(12-10-16)27(21,24)25/h5-12,14-15H,4,13H2,1-3H3,(H,22,23)(H2,21,24,25). The number of hydrogen-bond acceptors (Lipinski definition) is 4. The van der Waals surface area contributed by atoms with Gasteiger partial charge in [-0.2, -0.15) is 0 Å². The van der Waals surface area contributed by atoms with E-state index in [1.807, 2.05) is 24.3 Å². The van der Waals surface area contributed by atoms with Crippen molar-refractivity contribution in [2.45, 2.75) is 50.7 Å². The van der Waals surface area contributed by atoms with E-state index in [0.29, 0.717) is 11.7 Å². The van der Waals surface area contributed by atoms with Crippen molar-refractivity contribution >= 4 is 15.9 Å². The molecule has 0 aliphatic heterocycles. The number of carbonyl (C=O) groups is 1. The molecule has 6 nitrogen and oxygen atoms in total. The molecule has 7 heteroatoms. The molecule has 2 aromatic rings. The van der Waals surface area contributed by atoms with E-state index in [2.05, 4.69) is 19.2 Å². The number of benzene rings is 2. The SMILES string of the molecule is CCC(C)c1ccccc1OC(C)C(=O)NCc1ccc(S(N)(=O)=O)cc1. The van der Waals surface area contributed by atoms with E-state index in [4.69, 9.17) is 9.88 Å². The van der Waals surface area contributed by atoms with E-state index in [-0.39, 0.29) is 17.3 Å². The van der Waals surface area contributed by atoms with Crippen LogP contribution in [-0.2, 0) is 21.4 Å². The van der Waals surface area contributed by atoms with Gasteiger partial charge in [0.2, 0.25) is 10.0 Å². The minimum absolute atomic E-state index is 0.0379. The second kappa shape index (κ2) is 9.01. The molecular formula is C20H26N2O4S. The lowest BCUT2D eigenvalue weighted by atomic mass is 9.98. The Morgan fingerprint density at radius 1 is 1.11 bits per heavy atom. The van der Waals surface area contributed by atoms with E-state index in [9.17, 15) is 13.2 Å². The molecule has 0 heterocycles. The van der Waals surface area contributed by atoms with Gasteiger partial charge in [-0.25, -0.2) is 13.6 Å². The summed E-state index contributed by atoms with van der Waals surface area (Å²) in [6.45, 7) is 6.20. The summed E-state index contributed by atoms with van der Waals surface area (Å²) in [7, 11) is -3.72. The first kappa shape index (κ1) is 20.9. The van der Waals surface area contributed by atoms with Gasteiger partial charge in [0.05, 0.1) is 4.90 Å². The molecule has 1 amide bonds. The fraction of sp³-hybridized carbons (Fsp3) is 0.350. The molecular weight excluding hydrogens is 364 g/mol. The van der Waals surface area contributed by atoms with Gasteiger partial charge < -0.3 is 10.1 Å². The van der Waals surface area contributed by atoms with Gasteiger partial charge >= 0.3 is 0 Å². The van der Waals surface area contributed by atoms with Gasteiger partial charge in [0, 0.05) is 6.54 Å². The molecule has 2 atom stereocenters. The molecule has 0 saturated carbocycles. The number of nitrogens with two attached hydrogens (primary N) is 1. The van der Waals surface area contributed by atoms with Gasteiger partial charge in [-0.3, -0.25) is 4.79 Å². The lowest BCUT2D eigenvalue weighted by Crippen LogP contribution is -2.36. The van der Waals surface area contributed by atoms with Crippen molar-refractivity contribution in [2.75, 3.05) is 0 Å². The van der Waals surface area contributed by atoms with E-state index < -0.39 is 16.1 Å². The maximum absolute atomic E-state index is 12.3. The normalized spacial score (nSPS) is 13.6. The number of amides is 1. The number of hydrogen-bond donors (Lipinski definition) is 2. The summed E-state index contributed by atoms with van der Waals surface area (Å²) in [6.07, 6.45) is 0.328. The largest absolute Gasteiger partial charge is 0.481 e. The highest BCUT2D eigenvalue weighted by Crippen LogP contribution is 2.29. The number of nitrogens with one attached hydrogen (secondary N) is 1. The van der Waals surface area contributed by atoms with Crippen LogP contribution >= 0.6 is 0 Å². The van der Waals surface area contributed by atoms with Crippen molar-refractivity contribution in [3.8, 4) is 5.75 Å². The van der Waals surface area contributed by atoms with Crippen LogP contribution in [0.5, 0.6) is 5.75 Å². The number of para-hydroxylation sites is 1. The van der Waals surface area contributed by atoms with Crippen LogP contribution in [0.3, 0.4) is 0 Å². The zero-order valence-electron chi connectivity index (χ0n) is 15.8. The fourth-order valence-corrected chi connectivity index (χ4v) is 3.10. The molecule has 0 aliphatic carbocycles. The fourth-order valence-electron chi connectivity index (χ4n) is 2.59. The van der Waals surface area contributed by atoms with Crippen LogP contribution in [0.2, 0.25) is 0 Å². The highest BCUT2D eigenvalue weighted by atomic mass is 32.2. The predicted molar refractivity (Wildman–Crippen MR) is 105 cm³/mol. The number of sulfonamides is 1. The maximum atomic E-state index is 12.3. The number of rotatable bonds is 8. The van der Waals surface area contributed by atoms with Crippen LogP contribution in [0.4, 0.5) is 0 Å². The van der Waals surface area contributed by atoms with Crippen LogP contribution < -0.4 is 15.2 Å². The minimum atomic E-state index is -3.72. The molecule has 2 rings (SSSR count). The van der Waals surface area contributed by atoms with Crippen LogP contribution in [0.1, 0.15) is 44.2 Å². The van der Waals surface area contributed by atoms with Gasteiger partial charge in [-0.1, -0.05) is 44.2 Å². The van der Waals surface area contributed by atoms with Crippen molar-refractivity contribution in [3.05, 3.63) is 59.7 Å². The van der Waals surface area contributed by atoms with Gasteiger partial charge in [-0.15, -0.1) is 0 Å².